The first-order valence-corrected chi connectivity index (χ1v) is 6.61. The number of hydrogen-bond acceptors (Lipinski definition) is 6. The number of carbonyl (C=O) groups is 1. The van der Waals surface area contributed by atoms with E-state index in [-0.39, 0.29) is 6.03 Å². The predicted octanol–water partition coefficient (Wildman–Crippen LogP) is 1.59. The second-order valence-electron chi connectivity index (χ2n) is 3.90. The molecule has 0 unspecified atom stereocenters. The number of methoxy groups -OCH3 is 1. The number of hydrogen-bond donors (Lipinski definition) is 1. The second kappa shape index (κ2) is 6.39. The van der Waals surface area contributed by atoms with Crippen molar-refractivity contribution in [1.82, 2.24) is 19.9 Å². The van der Waals surface area contributed by atoms with Gasteiger partial charge in [-0.25, -0.2) is 14.8 Å². The lowest BCUT2D eigenvalue weighted by molar-refractivity contribution is 0.179. The zero-order chi connectivity index (χ0) is 13.7. The minimum Gasteiger partial charge on any atom is -0.385 e. The highest BCUT2D eigenvalue weighted by Gasteiger charge is 2.12. The quantitative estimate of drug-likeness (QED) is 0.842. The van der Waals surface area contributed by atoms with Crippen molar-refractivity contribution >= 4 is 33.0 Å². The van der Waals surface area contributed by atoms with Crippen molar-refractivity contribution in [3.8, 4) is 0 Å². The molecule has 1 N–H and O–H groups in total. The topological polar surface area (TPSA) is 80.2 Å². The summed E-state index contributed by atoms with van der Waals surface area (Å²) in [4.78, 5) is 26.6. The van der Waals surface area contributed by atoms with Crippen LogP contribution in [0.2, 0.25) is 0 Å². The number of nitrogens with zero attached hydrogens (tertiary/aromatic N) is 4. The monoisotopic (exact) mass is 281 g/mol. The van der Waals surface area contributed by atoms with E-state index >= 15 is 0 Å². The Balaban J connectivity index is 1.94. The maximum atomic E-state index is 11.9. The van der Waals surface area contributed by atoms with Gasteiger partial charge in [-0.1, -0.05) is 11.3 Å². The molecule has 0 aliphatic rings. The normalized spacial score (nSPS) is 10.6. The first-order valence-electron chi connectivity index (χ1n) is 5.79. The van der Waals surface area contributed by atoms with E-state index in [1.54, 1.807) is 31.5 Å². The van der Waals surface area contributed by atoms with Gasteiger partial charge in [0, 0.05) is 39.7 Å². The Labute approximate surface area is 114 Å². The highest BCUT2D eigenvalue weighted by Crippen LogP contribution is 2.21. The molecule has 0 spiro atoms. The Morgan fingerprint density at radius 1 is 1.47 bits per heavy atom. The van der Waals surface area contributed by atoms with Crippen molar-refractivity contribution in [2.75, 3.05) is 32.6 Å². The Kier molecular flexibility index (Phi) is 4.58. The molecule has 2 aromatic rings. The molecule has 8 heteroatoms. The third-order valence-electron chi connectivity index (χ3n) is 2.45. The fourth-order valence-corrected chi connectivity index (χ4v) is 2.22. The molecule has 0 saturated heterocycles. The maximum absolute atomic E-state index is 11.9. The first-order chi connectivity index (χ1) is 9.20. The lowest BCUT2D eigenvalue weighted by Crippen LogP contribution is -2.32. The number of ether oxygens (including phenoxy) is 1. The van der Waals surface area contributed by atoms with Crippen LogP contribution in [0.1, 0.15) is 6.42 Å². The summed E-state index contributed by atoms with van der Waals surface area (Å²) in [5.41, 5.74) is 0.546. The molecule has 0 fully saturated rings. The van der Waals surface area contributed by atoms with Crippen molar-refractivity contribution in [1.29, 1.82) is 0 Å². The molecule has 0 saturated carbocycles. The molecule has 2 aromatic heterocycles. The van der Waals surface area contributed by atoms with Crippen LogP contribution < -0.4 is 5.32 Å². The summed E-state index contributed by atoms with van der Waals surface area (Å²) in [6.45, 7) is 1.26. The summed E-state index contributed by atoms with van der Waals surface area (Å²) in [5, 5.41) is 3.24. The van der Waals surface area contributed by atoms with E-state index in [4.69, 9.17) is 4.74 Å². The third-order valence-corrected chi connectivity index (χ3v) is 3.32. The lowest BCUT2D eigenvalue weighted by atomic mass is 10.4. The fraction of sp³-hybridized carbons (Fsp3) is 0.455. The average molecular weight is 281 g/mol. The zero-order valence-electron chi connectivity index (χ0n) is 10.8. The standard InChI is InChI=1S/C11H15N5O2S/c1-16(6-3-7-18-2)11(17)15-10-14-8-9(19-10)13-5-4-12-8/h4-5H,3,6-7H2,1-2H3,(H,12,14,15,17). The van der Waals surface area contributed by atoms with Gasteiger partial charge in [-0.2, -0.15) is 4.98 Å². The zero-order valence-corrected chi connectivity index (χ0v) is 11.6. The Morgan fingerprint density at radius 2 is 2.26 bits per heavy atom. The van der Waals surface area contributed by atoms with Crippen molar-refractivity contribution in [2.24, 2.45) is 0 Å². The van der Waals surface area contributed by atoms with E-state index in [0.29, 0.717) is 28.8 Å². The van der Waals surface area contributed by atoms with E-state index in [9.17, 15) is 4.79 Å². The first kappa shape index (κ1) is 13.6. The van der Waals surface area contributed by atoms with Crippen LogP contribution in [0.15, 0.2) is 12.4 Å². The number of anilines is 1. The molecule has 2 amide bonds. The average Bonchev–Trinajstić information content (AvgIpc) is 2.80. The molecule has 0 aromatic carbocycles. The lowest BCUT2D eigenvalue weighted by Gasteiger charge is -2.16. The Bertz CT molecular complexity index is 526. The van der Waals surface area contributed by atoms with Crippen LogP contribution >= 0.6 is 11.3 Å². The van der Waals surface area contributed by atoms with Crippen molar-refractivity contribution in [2.45, 2.75) is 6.42 Å². The molecule has 2 rings (SSSR count). The van der Waals surface area contributed by atoms with Gasteiger partial charge in [0.2, 0.25) is 0 Å². The molecule has 19 heavy (non-hydrogen) atoms. The highest BCUT2D eigenvalue weighted by molar-refractivity contribution is 7.21. The summed E-state index contributed by atoms with van der Waals surface area (Å²) < 4.78 is 4.94. The van der Waals surface area contributed by atoms with Gasteiger partial charge in [0.15, 0.2) is 15.6 Å². The summed E-state index contributed by atoms with van der Waals surface area (Å²) >= 11 is 1.30. The Hall–Kier alpha value is -1.80. The van der Waals surface area contributed by atoms with Crippen LogP contribution in [0.25, 0.3) is 10.5 Å². The molecular weight excluding hydrogens is 266 g/mol. The molecule has 0 aliphatic carbocycles. The van der Waals surface area contributed by atoms with Crippen LogP contribution in [0.4, 0.5) is 9.93 Å². The minimum absolute atomic E-state index is 0.199. The highest BCUT2D eigenvalue weighted by atomic mass is 32.1. The SMILES string of the molecule is COCCCN(C)C(=O)Nc1nc2nccnc2s1. The van der Waals surface area contributed by atoms with E-state index in [1.807, 2.05) is 0 Å². The van der Waals surface area contributed by atoms with Crippen LogP contribution in [-0.4, -0.2) is 53.2 Å². The van der Waals surface area contributed by atoms with Gasteiger partial charge in [-0.15, -0.1) is 0 Å². The summed E-state index contributed by atoms with van der Waals surface area (Å²) in [6, 6.07) is -0.199. The predicted molar refractivity (Wildman–Crippen MR) is 73.4 cm³/mol. The molecule has 2 heterocycles. The fourth-order valence-electron chi connectivity index (χ4n) is 1.47. The summed E-state index contributed by atoms with van der Waals surface area (Å²) in [5.74, 6) is 0. The molecule has 0 atom stereocenters. The van der Waals surface area contributed by atoms with Gasteiger partial charge < -0.3 is 9.64 Å². The molecule has 7 nitrogen and oxygen atoms in total. The smallest absolute Gasteiger partial charge is 0.323 e. The largest absolute Gasteiger partial charge is 0.385 e. The van der Waals surface area contributed by atoms with Crippen LogP contribution in [0, 0.1) is 0 Å². The summed E-state index contributed by atoms with van der Waals surface area (Å²) in [7, 11) is 3.37. The number of thiazole rings is 1. The van der Waals surface area contributed by atoms with E-state index in [2.05, 4.69) is 20.3 Å². The van der Waals surface area contributed by atoms with Crippen LogP contribution in [-0.2, 0) is 4.74 Å². The minimum atomic E-state index is -0.199. The van der Waals surface area contributed by atoms with Gasteiger partial charge >= 0.3 is 6.03 Å². The van der Waals surface area contributed by atoms with Crippen molar-refractivity contribution in [3.63, 3.8) is 0 Å². The van der Waals surface area contributed by atoms with Gasteiger partial charge in [0.05, 0.1) is 0 Å². The number of urea groups is 1. The number of aromatic nitrogens is 3. The van der Waals surface area contributed by atoms with Gasteiger partial charge in [0.25, 0.3) is 0 Å². The number of carbonyl (C=O) groups excluding carboxylic acids is 1. The number of nitrogens with one attached hydrogen (secondary N) is 1. The third kappa shape index (κ3) is 3.58. The molecule has 0 bridgehead atoms. The van der Waals surface area contributed by atoms with Crippen molar-refractivity contribution < 1.29 is 9.53 Å². The molecule has 0 radical (unpaired) electrons. The number of amides is 2. The van der Waals surface area contributed by atoms with E-state index in [1.165, 1.54) is 11.3 Å². The van der Waals surface area contributed by atoms with E-state index < -0.39 is 0 Å². The second-order valence-corrected chi connectivity index (χ2v) is 4.88. The van der Waals surface area contributed by atoms with Crippen LogP contribution in [0.3, 0.4) is 0 Å². The number of fused-ring (bicyclic) bond motifs is 1. The Morgan fingerprint density at radius 3 is 3.00 bits per heavy atom. The molecule has 0 aliphatic heterocycles. The van der Waals surface area contributed by atoms with Gasteiger partial charge in [0.1, 0.15) is 0 Å². The summed E-state index contributed by atoms with van der Waals surface area (Å²) in [6.07, 6.45) is 3.97. The van der Waals surface area contributed by atoms with Gasteiger partial charge in [-0.05, 0) is 6.42 Å². The molecule has 102 valence electrons. The van der Waals surface area contributed by atoms with E-state index in [0.717, 1.165) is 6.42 Å². The number of rotatable bonds is 5. The van der Waals surface area contributed by atoms with Gasteiger partial charge in [-0.3, -0.25) is 5.32 Å². The maximum Gasteiger partial charge on any atom is 0.323 e. The molecular formula is C11H15N5O2S. The van der Waals surface area contributed by atoms with Crippen molar-refractivity contribution in [3.05, 3.63) is 12.4 Å². The van der Waals surface area contributed by atoms with Crippen LogP contribution in [0.5, 0.6) is 0 Å².